The fraction of sp³-hybridized carbons (Fsp3) is 0.500. The highest BCUT2D eigenvalue weighted by Gasteiger charge is 2.37. The van der Waals surface area contributed by atoms with Crippen LogP contribution in [-0.4, -0.2) is 11.7 Å². The summed E-state index contributed by atoms with van der Waals surface area (Å²) in [4.78, 5) is 11.9. The fourth-order valence-electron chi connectivity index (χ4n) is 2.37. The molecule has 1 aliphatic carbocycles. The zero-order valence-corrected chi connectivity index (χ0v) is 10.3. The summed E-state index contributed by atoms with van der Waals surface area (Å²) in [7, 11) is 0. The molecule has 0 aromatic heterocycles. The van der Waals surface area contributed by atoms with Crippen molar-refractivity contribution in [2.75, 3.05) is 0 Å². The topological polar surface area (TPSA) is 17.1 Å². The summed E-state index contributed by atoms with van der Waals surface area (Å²) >= 11 is 0. The van der Waals surface area contributed by atoms with Crippen LogP contribution in [0.25, 0.3) is 0 Å². The van der Waals surface area contributed by atoms with Crippen LogP contribution >= 0.6 is 0 Å². The van der Waals surface area contributed by atoms with Gasteiger partial charge in [-0.1, -0.05) is 0 Å². The summed E-state index contributed by atoms with van der Waals surface area (Å²) in [6.07, 6.45) is -0.630. The van der Waals surface area contributed by atoms with Crippen LogP contribution in [0.3, 0.4) is 0 Å². The number of hydrogen-bond acceptors (Lipinski definition) is 1. The van der Waals surface area contributed by atoms with E-state index in [1.807, 2.05) is 0 Å². The summed E-state index contributed by atoms with van der Waals surface area (Å²) < 4.78 is 52.3. The summed E-state index contributed by atoms with van der Waals surface area (Å²) in [6.45, 7) is 0. The van der Waals surface area contributed by atoms with Gasteiger partial charge in [0.1, 0.15) is 17.4 Å². The molecule has 0 bridgehead atoms. The van der Waals surface area contributed by atoms with Gasteiger partial charge in [-0.05, 0) is 36.6 Å². The zero-order valence-electron chi connectivity index (χ0n) is 10.3. The molecule has 1 aromatic rings. The molecule has 5 heteroatoms. The van der Waals surface area contributed by atoms with Crippen molar-refractivity contribution >= 4 is 5.78 Å². The first-order chi connectivity index (χ1) is 8.87. The third-order valence-electron chi connectivity index (χ3n) is 3.54. The van der Waals surface area contributed by atoms with Crippen LogP contribution in [0.1, 0.15) is 31.2 Å². The van der Waals surface area contributed by atoms with Gasteiger partial charge in [-0.3, -0.25) is 4.79 Å². The predicted molar refractivity (Wildman–Crippen MR) is 62.0 cm³/mol. The van der Waals surface area contributed by atoms with Gasteiger partial charge in [-0.2, -0.15) is 0 Å². The molecule has 0 unspecified atom stereocenters. The van der Waals surface area contributed by atoms with Crippen LogP contribution in [0.5, 0.6) is 0 Å². The number of halogens is 4. The van der Waals surface area contributed by atoms with E-state index in [9.17, 15) is 22.4 Å². The van der Waals surface area contributed by atoms with Crippen LogP contribution in [-0.2, 0) is 11.2 Å². The first kappa shape index (κ1) is 14.0. The lowest BCUT2D eigenvalue weighted by atomic mass is 9.82. The summed E-state index contributed by atoms with van der Waals surface area (Å²) in [5.74, 6) is -4.71. The van der Waals surface area contributed by atoms with E-state index < -0.39 is 23.5 Å². The van der Waals surface area contributed by atoms with E-state index >= 15 is 0 Å². The zero-order chi connectivity index (χ0) is 14.0. The lowest BCUT2D eigenvalue weighted by molar-refractivity contribution is -0.126. The van der Waals surface area contributed by atoms with Crippen LogP contribution in [0.2, 0.25) is 0 Å². The van der Waals surface area contributed by atoms with E-state index in [0.29, 0.717) is 0 Å². The van der Waals surface area contributed by atoms with Gasteiger partial charge < -0.3 is 0 Å². The Labute approximate surface area is 108 Å². The molecule has 0 saturated heterocycles. The number of carbonyl (C=O) groups is 1. The molecule has 19 heavy (non-hydrogen) atoms. The Balaban J connectivity index is 2.00. The van der Waals surface area contributed by atoms with Crippen molar-refractivity contribution in [2.45, 2.75) is 38.0 Å². The Kier molecular flexibility index (Phi) is 3.92. The Morgan fingerprint density at radius 1 is 1.21 bits per heavy atom. The van der Waals surface area contributed by atoms with Crippen LogP contribution in [0.15, 0.2) is 18.2 Å². The number of carbonyl (C=O) groups excluding carboxylic acids is 1. The third kappa shape index (κ3) is 3.55. The summed E-state index contributed by atoms with van der Waals surface area (Å²) in [5, 5.41) is 0. The monoisotopic (exact) mass is 274 g/mol. The highest BCUT2D eigenvalue weighted by Crippen LogP contribution is 2.36. The first-order valence-electron chi connectivity index (χ1n) is 6.22. The maximum absolute atomic E-state index is 13.4. The maximum atomic E-state index is 13.4. The van der Waals surface area contributed by atoms with Crippen molar-refractivity contribution in [1.82, 2.24) is 0 Å². The van der Waals surface area contributed by atoms with Crippen molar-refractivity contribution < 1.29 is 22.4 Å². The van der Waals surface area contributed by atoms with E-state index in [1.54, 1.807) is 0 Å². The number of hydrogen-bond donors (Lipinski definition) is 0. The van der Waals surface area contributed by atoms with Gasteiger partial charge in [0, 0.05) is 25.2 Å². The van der Waals surface area contributed by atoms with Crippen LogP contribution in [0, 0.1) is 17.6 Å². The van der Waals surface area contributed by atoms with Crippen molar-refractivity contribution in [1.29, 1.82) is 0 Å². The standard InChI is InChI=1S/C14H14F4O/c15-11-1-2-12(16)10(7-11)8-13(19)9-3-5-14(17,18)6-4-9/h1-2,7,9H,3-6,8H2. The van der Waals surface area contributed by atoms with E-state index in [4.69, 9.17) is 0 Å². The normalized spacial score (nSPS) is 19.4. The maximum Gasteiger partial charge on any atom is 0.248 e. The minimum Gasteiger partial charge on any atom is -0.299 e. The molecule has 0 amide bonds. The molecule has 0 heterocycles. The van der Waals surface area contributed by atoms with Gasteiger partial charge in [0.25, 0.3) is 0 Å². The molecule has 1 aromatic carbocycles. The number of alkyl halides is 2. The van der Waals surface area contributed by atoms with Gasteiger partial charge >= 0.3 is 0 Å². The molecule has 104 valence electrons. The Bertz CT molecular complexity index is 474. The quantitative estimate of drug-likeness (QED) is 0.764. The number of rotatable bonds is 3. The molecule has 0 spiro atoms. The van der Waals surface area contributed by atoms with Gasteiger partial charge in [0.2, 0.25) is 5.92 Å². The van der Waals surface area contributed by atoms with Crippen molar-refractivity contribution in [2.24, 2.45) is 5.92 Å². The fourth-order valence-corrected chi connectivity index (χ4v) is 2.37. The van der Waals surface area contributed by atoms with Crippen LogP contribution in [0.4, 0.5) is 17.6 Å². The minimum absolute atomic E-state index is 0.0117. The highest BCUT2D eigenvalue weighted by molar-refractivity contribution is 5.83. The molecule has 0 radical (unpaired) electrons. The van der Waals surface area contributed by atoms with Gasteiger partial charge in [-0.15, -0.1) is 0 Å². The Hall–Kier alpha value is -1.39. The second-order valence-corrected chi connectivity index (χ2v) is 5.01. The number of Topliss-reactive ketones (excluding diaryl/α,β-unsaturated/α-hetero) is 1. The summed E-state index contributed by atoms with van der Waals surface area (Å²) in [6, 6.07) is 2.92. The molecule has 1 aliphatic rings. The minimum atomic E-state index is -2.69. The Morgan fingerprint density at radius 3 is 2.47 bits per heavy atom. The molecule has 1 fully saturated rings. The lowest BCUT2D eigenvalue weighted by Crippen LogP contribution is -2.29. The second kappa shape index (κ2) is 5.31. The molecule has 2 rings (SSSR count). The van der Waals surface area contributed by atoms with E-state index in [0.717, 1.165) is 18.2 Å². The number of ketones is 1. The van der Waals surface area contributed by atoms with Crippen molar-refractivity contribution in [3.05, 3.63) is 35.4 Å². The molecule has 1 nitrogen and oxygen atoms in total. The lowest BCUT2D eigenvalue weighted by Gasteiger charge is -2.27. The number of benzene rings is 1. The van der Waals surface area contributed by atoms with Crippen molar-refractivity contribution in [3.8, 4) is 0 Å². The molecular weight excluding hydrogens is 260 g/mol. The smallest absolute Gasteiger partial charge is 0.248 e. The molecule has 1 saturated carbocycles. The summed E-state index contributed by atoms with van der Waals surface area (Å²) in [5.41, 5.74) is -0.0117. The van der Waals surface area contributed by atoms with Crippen LogP contribution < -0.4 is 0 Å². The Morgan fingerprint density at radius 2 is 1.84 bits per heavy atom. The van der Waals surface area contributed by atoms with E-state index in [-0.39, 0.29) is 43.5 Å². The molecule has 0 atom stereocenters. The average molecular weight is 274 g/mol. The average Bonchev–Trinajstić information content (AvgIpc) is 2.33. The van der Waals surface area contributed by atoms with Gasteiger partial charge in [0.05, 0.1) is 0 Å². The highest BCUT2D eigenvalue weighted by atomic mass is 19.3. The first-order valence-corrected chi connectivity index (χ1v) is 6.22. The van der Waals surface area contributed by atoms with Gasteiger partial charge in [0.15, 0.2) is 0 Å². The molecular formula is C14H14F4O. The molecule has 0 aliphatic heterocycles. The largest absolute Gasteiger partial charge is 0.299 e. The van der Waals surface area contributed by atoms with E-state index in [2.05, 4.69) is 0 Å². The SMILES string of the molecule is O=C(Cc1cc(F)ccc1F)C1CCC(F)(F)CC1. The van der Waals surface area contributed by atoms with Crippen molar-refractivity contribution in [3.63, 3.8) is 0 Å². The molecule has 0 N–H and O–H groups in total. The van der Waals surface area contributed by atoms with Gasteiger partial charge in [-0.25, -0.2) is 17.6 Å². The third-order valence-corrected chi connectivity index (χ3v) is 3.54. The van der Waals surface area contributed by atoms with E-state index in [1.165, 1.54) is 0 Å². The predicted octanol–water partition coefficient (Wildman–Crippen LogP) is 3.90. The second-order valence-electron chi connectivity index (χ2n) is 5.01.